The summed E-state index contributed by atoms with van der Waals surface area (Å²) in [5.74, 6) is 2.36. The SMILES string of the molecule is CCc1[nH]cc[nH+]1.CCc1[nH]cc[nH+]1.O=P([O-])([O-])c1ccccc1. The minimum Gasteiger partial charge on any atom is -0.807 e. The lowest BCUT2D eigenvalue weighted by Gasteiger charge is -2.29. The summed E-state index contributed by atoms with van der Waals surface area (Å²) < 4.78 is 10.3. The number of imidazole rings is 2. The Morgan fingerprint density at radius 3 is 1.58 bits per heavy atom. The molecule has 0 aliphatic carbocycles. The Kier molecular flexibility index (Phi) is 8.71. The van der Waals surface area contributed by atoms with E-state index in [2.05, 4.69) is 33.8 Å². The highest BCUT2D eigenvalue weighted by molar-refractivity contribution is 7.57. The van der Waals surface area contributed by atoms with E-state index in [-0.39, 0.29) is 5.30 Å². The fraction of sp³-hybridized carbons (Fsp3) is 0.250. The van der Waals surface area contributed by atoms with Crippen LogP contribution in [0.2, 0.25) is 0 Å². The van der Waals surface area contributed by atoms with Crippen molar-refractivity contribution in [1.82, 2.24) is 9.97 Å². The van der Waals surface area contributed by atoms with Crippen LogP contribution in [0, 0.1) is 0 Å². The highest BCUT2D eigenvalue weighted by Crippen LogP contribution is 2.20. The molecule has 0 saturated heterocycles. The number of hydrogen-bond acceptors (Lipinski definition) is 3. The second-order valence-electron chi connectivity index (χ2n) is 4.74. The molecule has 0 spiro atoms. The van der Waals surface area contributed by atoms with E-state index in [0.29, 0.717) is 0 Å². The third kappa shape index (κ3) is 7.87. The van der Waals surface area contributed by atoms with Gasteiger partial charge < -0.3 is 14.4 Å². The maximum Gasteiger partial charge on any atom is 0.251 e. The van der Waals surface area contributed by atoms with Gasteiger partial charge in [-0.1, -0.05) is 44.2 Å². The second kappa shape index (κ2) is 10.5. The minimum atomic E-state index is -4.52. The van der Waals surface area contributed by atoms with Gasteiger partial charge in [0.2, 0.25) is 0 Å². The maximum absolute atomic E-state index is 10.3. The summed E-state index contributed by atoms with van der Waals surface area (Å²) in [6.45, 7) is 4.20. The average molecular weight is 350 g/mol. The predicted octanol–water partition coefficient (Wildman–Crippen LogP) is 0.00800. The van der Waals surface area contributed by atoms with E-state index >= 15 is 0 Å². The standard InChI is InChI=1S/C6H7O3P.2C5H8N2/c7-10(8,9)6-4-2-1-3-5-6;2*1-2-5-6-3-4-7-5/h1-5H,(H2,7,8,9);2*3-4H,2H2,1H3,(H,6,7). The van der Waals surface area contributed by atoms with E-state index in [1.165, 1.54) is 35.9 Å². The lowest BCUT2D eigenvalue weighted by atomic mass is 10.4. The number of hydrogen-bond donors (Lipinski definition) is 2. The molecule has 3 aromatic rings. The molecule has 2 heterocycles. The van der Waals surface area contributed by atoms with Crippen LogP contribution in [0.4, 0.5) is 0 Å². The van der Waals surface area contributed by atoms with Gasteiger partial charge in [0.15, 0.2) is 0 Å². The molecular weight excluding hydrogens is 327 g/mol. The predicted molar refractivity (Wildman–Crippen MR) is 87.1 cm³/mol. The number of H-pyrrole nitrogens is 4. The fourth-order valence-electron chi connectivity index (χ4n) is 1.67. The van der Waals surface area contributed by atoms with Crippen LogP contribution >= 0.6 is 7.60 Å². The molecule has 0 fully saturated rings. The minimum absolute atomic E-state index is 0.157. The van der Waals surface area contributed by atoms with Gasteiger partial charge in [-0.15, -0.1) is 0 Å². The van der Waals surface area contributed by atoms with E-state index < -0.39 is 7.60 Å². The van der Waals surface area contributed by atoms with Crippen LogP contribution in [-0.2, 0) is 17.4 Å². The van der Waals surface area contributed by atoms with E-state index in [4.69, 9.17) is 0 Å². The summed E-state index contributed by atoms with van der Waals surface area (Å²) >= 11 is 0. The molecule has 24 heavy (non-hydrogen) atoms. The number of rotatable bonds is 3. The summed E-state index contributed by atoms with van der Waals surface area (Å²) in [6.07, 6.45) is 9.65. The summed E-state index contributed by atoms with van der Waals surface area (Å²) in [5, 5.41) is -0.157. The molecule has 0 aliphatic heterocycles. The van der Waals surface area contributed by atoms with Crippen molar-refractivity contribution >= 4 is 12.9 Å². The van der Waals surface area contributed by atoms with Crippen molar-refractivity contribution in [2.75, 3.05) is 0 Å². The molecule has 7 nitrogen and oxygen atoms in total. The smallest absolute Gasteiger partial charge is 0.251 e. The first-order chi connectivity index (χ1) is 11.5. The van der Waals surface area contributed by atoms with Gasteiger partial charge in [0.1, 0.15) is 24.8 Å². The van der Waals surface area contributed by atoms with Crippen LogP contribution < -0.4 is 25.1 Å². The first-order valence-electron chi connectivity index (χ1n) is 7.62. The van der Waals surface area contributed by atoms with Crippen LogP contribution in [0.5, 0.6) is 0 Å². The van der Waals surface area contributed by atoms with E-state index in [0.717, 1.165) is 12.8 Å². The monoisotopic (exact) mass is 350 g/mol. The molecule has 0 atom stereocenters. The van der Waals surface area contributed by atoms with Crippen molar-refractivity contribution in [2.45, 2.75) is 26.7 Å². The Morgan fingerprint density at radius 2 is 1.38 bits per heavy atom. The van der Waals surface area contributed by atoms with Gasteiger partial charge in [-0.2, -0.15) is 0 Å². The van der Waals surface area contributed by atoms with Gasteiger partial charge in [-0.25, -0.2) is 19.9 Å². The van der Waals surface area contributed by atoms with Crippen molar-refractivity contribution in [2.24, 2.45) is 0 Å². The molecule has 3 rings (SSSR count). The van der Waals surface area contributed by atoms with Gasteiger partial charge >= 0.3 is 0 Å². The molecule has 0 radical (unpaired) electrons. The van der Waals surface area contributed by atoms with Crippen LogP contribution in [-0.4, -0.2) is 9.97 Å². The van der Waals surface area contributed by atoms with E-state index in [1.807, 2.05) is 24.8 Å². The van der Waals surface area contributed by atoms with Crippen LogP contribution in [0.1, 0.15) is 25.5 Å². The summed E-state index contributed by atoms with van der Waals surface area (Å²) in [4.78, 5) is 32.7. The van der Waals surface area contributed by atoms with Crippen molar-refractivity contribution < 1.29 is 24.3 Å². The van der Waals surface area contributed by atoms with Crippen LogP contribution in [0.15, 0.2) is 55.1 Å². The molecule has 130 valence electrons. The third-order valence-electron chi connectivity index (χ3n) is 2.98. The quantitative estimate of drug-likeness (QED) is 0.647. The Bertz CT molecular complexity index is 660. The number of aromatic nitrogens is 4. The van der Waals surface area contributed by atoms with Gasteiger partial charge in [0, 0.05) is 12.8 Å². The zero-order chi connectivity index (χ0) is 17.8. The topological polar surface area (TPSA) is 123 Å². The van der Waals surface area contributed by atoms with Gasteiger partial charge in [-0.05, 0) is 12.9 Å². The molecule has 0 amide bonds. The first-order valence-corrected chi connectivity index (χ1v) is 9.17. The third-order valence-corrected chi connectivity index (χ3v) is 3.91. The zero-order valence-corrected chi connectivity index (χ0v) is 14.7. The van der Waals surface area contributed by atoms with Crippen molar-refractivity contribution in [1.29, 1.82) is 0 Å². The molecule has 0 bridgehead atoms. The summed E-state index contributed by atoms with van der Waals surface area (Å²) in [6, 6.07) is 7.23. The first kappa shape index (κ1) is 19.8. The molecular formula is C16H23N4O3P. The van der Waals surface area contributed by atoms with Crippen molar-refractivity contribution in [3.63, 3.8) is 0 Å². The molecule has 0 unspecified atom stereocenters. The van der Waals surface area contributed by atoms with E-state index in [9.17, 15) is 14.4 Å². The normalized spacial score (nSPS) is 10.2. The summed E-state index contributed by atoms with van der Waals surface area (Å²) in [5.41, 5.74) is 0. The fourth-order valence-corrected chi connectivity index (χ4v) is 2.21. The molecule has 0 aliphatic rings. The van der Waals surface area contributed by atoms with Crippen LogP contribution in [0.3, 0.4) is 0 Å². The Labute approximate surface area is 141 Å². The number of nitrogens with one attached hydrogen (secondary N) is 4. The van der Waals surface area contributed by atoms with Crippen molar-refractivity contribution in [3.8, 4) is 0 Å². The molecule has 2 aromatic heterocycles. The Balaban J connectivity index is 0.000000185. The highest BCUT2D eigenvalue weighted by atomic mass is 31.2. The Hall–Kier alpha value is -2.21. The molecule has 0 saturated carbocycles. The van der Waals surface area contributed by atoms with Gasteiger partial charge in [0.05, 0.1) is 0 Å². The number of aryl methyl sites for hydroxylation is 2. The molecule has 8 heteroatoms. The number of aromatic amines is 4. The number of benzene rings is 1. The Morgan fingerprint density at radius 1 is 0.917 bits per heavy atom. The van der Waals surface area contributed by atoms with Crippen LogP contribution in [0.25, 0.3) is 0 Å². The van der Waals surface area contributed by atoms with E-state index in [1.54, 1.807) is 6.07 Å². The van der Waals surface area contributed by atoms with Gasteiger partial charge in [-0.3, -0.25) is 0 Å². The maximum atomic E-state index is 10.3. The average Bonchev–Trinajstić information content (AvgIpc) is 3.29. The largest absolute Gasteiger partial charge is 0.807 e. The lowest BCUT2D eigenvalue weighted by Crippen LogP contribution is -2.24. The highest BCUT2D eigenvalue weighted by Gasteiger charge is 1.93. The zero-order valence-electron chi connectivity index (χ0n) is 13.8. The molecule has 1 aromatic carbocycles. The lowest BCUT2D eigenvalue weighted by molar-refractivity contribution is -0.388. The second-order valence-corrected chi connectivity index (χ2v) is 6.25. The van der Waals surface area contributed by atoms with Crippen molar-refractivity contribution in [3.05, 3.63) is 66.8 Å². The summed E-state index contributed by atoms with van der Waals surface area (Å²) in [7, 11) is -4.52. The molecule has 4 N–H and O–H groups in total. The van der Waals surface area contributed by atoms with Gasteiger partial charge in [0.25, 0.3) is 11.6 Å².